The smallest absolute Gasteiger partial charge is 0.354 e. The van der Waals surface area contributed by atoms with Gasteiger partial charge in [-0.05, 0) is 25.7 Å². The number of allylic oxidation sites excluding steroid dienone is 1. The van der Waals surface area contributed by atoms with E-state index in [1.807, 2.05) is 0 Å². The van der Waals surface area contributed by atoms with Gasteiger partial charge in [0.1, 0.15) is 5.69 Å². The molecule has 1 aromatic rings. The molecule has 1 rings (SSSR count). The van der Waals surface area contributed by atoms with Crippen LogP contribution in [0.3, 0.4) is 0 Å². The summed E-state index contributed by atoms with van der Waals surface area (Å²) < 4.78 is 1.58. The van der Waals surface area contributed by atoms with Gasteiger partial charge in [0.05, 0.1) is 6.20 Å². The Bertz CT molecular complexity index is 673. The summed E-state index contributed by atoms with van der Waals surface area (Å²) in [6.45, 7) is 2.25. The second-order valence-corrected chi connectivity index (χ2v) is 9.34. The van der Waals surface area contributed by atoms with E-state index >= 15 is 0 Å². The van der Waals surface area contributed by atoms with E-state index < -0.39 is 11.9 Å². The second kappa shape index (κ2) is 16.9. The van der Waals surface area contributed by atoms with Gasteiger partial charge in [-0.25, -0.2) is 9.78 Å². The fraction of sp³-hybridized carbons (Fsp3) is 0.708. The number of thioether (sulfide) groups is 1. The zero-order chi connectivity index (χ0) is 22.9. The summed E-state index contributed by atoms with van der Waals surface area (Å²) in [4.78, 5) is 26.3. The monoisotopic (exact) mass is 452 g/mol. The molecule has 1 aromatic heterocycles. The first-order valence-corrected chi connectivity index (χ1v) is 12.6. The van der Waals surface area contributed by atoms with Crippen molar-refractivity contribution in [1.29, 1.82) is 0 Å². The molecule has 31 heavy (non-hydrogen) atoms. The third-order valence-electron chi connectivity index (χ3n) is 5.38. The van der Waals surface area contributed by atoms with Gasteiger partial charge in [-0.3, -0.25) is 4.79 Å². The summed E-state index contributed by atoms with van der Waals surface area (Å²) in [7, 11) is 1.70. The highest BCUT2D eigenvalue weighted by Gasteiger charge is 2.16. The quantitative estimate of drug-likeness (QED) is 0.138. The Hall–Kier alpha value is -1.76. The Morgan fingerprint density at radius 3 is 2.19 bits per heavy atom. The number of nitrogens with zero attached hydrogens (tertiary/aromatic N) is 2. The van der Waals surface area contributed by atoms with Crippen LogP contribution in [0.15, 0.2) is 23.5 Å². The minimum atomic E-state index is -0.999. The van der Waals surface area contributed by atoms with Crippen molar-refractivity contribution in [3.05, 3.63) is 24.0 Å². The lowest BCUT2D eigenvalue weighted by molar-refractivity contribution is -0.137. The molecule has 0 bridgehead atoms. The Morgan fingerprint density at radius 2 is 1.65 bits per heavy atom. The number of aromatic carboxylic acids is 1. The molecule has 1 atom stereocenters. The minimum Gasteiger partial charge on any atom is -0.481 e. The summed E-state index contributed by atoms with van der Waals surface area (Å²) in [6, 6.07) is 0. The number of carbonyl (C=O) groups is 2. The van der Waals surface area contributed by atoms with Crippen molar-refractivity contribution in [3.63, 3.8) is 0 Å². The van der Waals surface area contributed by atoms with E-state index in [1.165, 1.54) is 82.2 Å². The average Bonchev–Trinajstić information content (AvgIpc) is 3.08. The van der Waals surface area contributed by atoms with Gasteiger partial charge in [-0.2, -0.15) is 0 Å². The van der Waals surface area contributed by atoms with Crippen LogP contribution >= 0.6 is 11.8 Å². The Labute approximate surface area is 191 Å². The van der Waals surface area contributed by atoms with Gasteiger partial charge in [0.25, 0.3) is 0 Å². The van der Waals surface area contributed by atoms with Gasteiger partial charge >= 0.3 is 11.9 Å². The number of aliphatic carboxylic acids is 1. The molecule has 0 aliphatic carbocycles. The number of carboxylic acids is 2. The number of unbranched alkanes of at least 4 members (excludes halogenated alkanes) is 10. The Morgan fingerprint density at radius 1 is 1.03 bits per heavy atom. The molecule has 2 N–H and O–H groups in total. The fourth-order valence-corrected chi connectivity index (χ4v) is 4.60. The summed E-state index contributed by atoms with van der Waals surface area (Å²) in [5.41, 5.74) is 0.154. The van der Waals surface area contributed by atoms with Crippen LogP contribution in [0.4, 0.5) is 0 Å². The van der Waals surface area contributed by atoms with Crippen LogP contribution < -0.4 is 0 Å². The molecule has 176 valence electrons. The van der Waals surface area contributed by atoms with Crippen molar-refractivity contribution in [2.24, 2.45) is 7.05 Å². The zero-order valence-electron chi connectivity index (χ0n) is 19.2. The number of aromatic nitrogens is 2. The van der Waals surface area contributed by atoms with Crippen molar-refractivity contribution in [2.75, 3.05) is 0 Å². The van der Waals surface area contributed by atoms with Crippen LogP contribution in [0.2, 0.25) is 0 Å². The van der Waals surface area contributed by atoms with Gasteiger partial charge in [0.15, 0.2) is 5.16 Å². The molecular formula is C24H40N2O4S. The summed E-state index contributed by atoms with van der Waals surface area (Å²) in [6.07, 6.45) is 21.3. The maximum Gasteiger partial charge on any atom is 0.354 e. The van der Waals surface area contributed by atoms with Crippen LogP contribution in [0.1, 0.15) is 107 Å². The van der Waals surface area contributed by atoms with Crippen molar-refractivity contribution in [2.45, 2.75) is 107 Å². The van der Waals surface area contributed by atoms with Crippen LogP contribution in [0.25, 0.3) is 0 Å². The van der Waals surface area contributed by atoms with Gasteiger partial charge < -0.3 is 14.8 Å². The van der Waals surface area contributed by atoms with E-state index in [1.54, 1.807) is 11.6 Å². The molecule has 0 spiro atoms. The molecular weight excluding hydrogens is 412 g/mol. The molecule has 0 saturated heterocycles. The predicted octanol–water partition coefficient (Wildman–Crippen LogP) is 6.70. The SMILES string of the molecule is CCCCCCCCCCCCC=CC(CCCC(=O)O)Sc1ncc(C(=O)O)n1C. The lowest BCUT2D eigenvalue weighted by atomic mass is 10.1. The van der Waals surface area contributed by atoms with Crippen molar-refractivity contribution in [1.82, 2.24) is 9.55 Å². The highest BCUT2D eigenvalue weighted by molar-refractivity contribution is 7.99. The molecule has 0 fully saturated rings. The maximum atomic E-state index is 11.2. The van der Waals surface area contributed by atoms with E-state index in [0.29, 0.717) is 11.6 Å². The molecule has 0 saturated carbocycles. The molecule has 0 aliphatic rings. The first-order valence-electron chi connectivity index (χ1n) is 11.8. The van der Waals surface area contributed by atoms with E-state index in [9.17, 15) is 14.7 Å². The van der Waals surface area contributed by atoms with Crippen LogP contribution in [0.5, 0.6) is 0 Å². The van der Waals surface area contributed by atoms with Gasteiger partial charge in [-0.1, -0.05) is 88.6 Å². The highest BCUT2D eigenvalue weighted by Crippen LogP contribution is 2.27. The van der Waals surface area contributed by atoms with E-state index in [4.69, 9.17) is 5.11 Å². The summed E-state index contributed by atoms with van der Waals surface area (Å²) >= 11 is 1.50. The molecule has 1 heterocycles. The van der Waals surface area contributed by atoms with E-state index in [2.05, 4.69) is 24.1 Å². The molecule has 6 nitrogen and oxygen atoms in total. The Balaban J connectivity index is 2.36. The number of carboxylic acid groups (broad SMARTS) is 2. The molecule has 0 aromatic carbocycles. The first-order chi connectivity index (χ1) is 15.0. The van der Waals surface area contributed by atoms with Crippen LogP contribution in [-0.4, -0.2) is 37.0 Å². The molecule has 1 unspecified atom stereocenters. The lowest BCUT2D eigenvalue weighted by Crippen LogP contribution is -2.07. The average molecular weight is 453 g/mol. The van der Waals surface area contributed by atoms with Crippen molar-refractivity contribution >= 4 is 23.7 Å². The lowest BCUT2D eigenvalue weighted by Gasteiger charge is -2.12. The van der Waals surface area contributed by atoms with Crippen LogP contribution in [0, 0.1) is 0 Å². The Kier molecular flexibility index (Phi) is 14.8. The minimum absolute atomic E-state index is 0.0882. The molecule has 7 heteroatoms. The summed E-state index contributed by atoms with van der Waals surface area (Å²) in [5.74, 6) is -1.79. The topological polar surface area (TPSA) is 92.4 Å². The summed E-state index contributed by atoms with van der Waals surface area (Å²) in [5, 5.41) is 18.8. The van der Waals surface area contributed by atoms with Crippen LogP contribution in [-0.2, 0) is 11.8 Å². The van der Waals surface area contributed by atoms with Crippen molar-refractivity contribution < 1.29 is 19.8 Å². The maximum absolute atomic E-state index is 11.2. The normalized spacial score (nSPS) is 12.5. The van der Waals surface area contributed by atoms with E-state index in [-0.39, 0.29) is 17.4 Å². The third kappa shape index (κ3) is 12.6. The number of imidazole rings is 1. The number of rotatable bonds is 19. The molecule has 0 amide bonds. The molecule has 0 radical (unpaired) electrons. The van der Waals surface area contributed by atoms with Gasteiger partial charge in [0.2, 0.25) is 0 Å². The fourth-order valence-electron chi connectivity index (χ4n) is 3.48. The number of hydrogen-bond acceptors (Lipinski definition) is 4. The zero-order valence-corrected chi connectivity index (χ0v) is 20.0. The third-order valence-corrected chi connectivity index (χ3v) is 6.66. The highest BCUT2D eigenvalue weighted by atomic mass is 32.2. The molecule has 0 aliphatic heterocycles. The van der Waals surface area contributed by atoms with Gasteiger partial charge in [-0.15, -0.1) is 0 Å². The largest absolute Gasteiger partial charge is 0.481 e. The van der Waals surface area contributed by atoms with E-state index in [0.717, 1.165) is 12.8 Å². The second-order valence-electron chi connectivity index (χ2n) is 8.13. The first kappa shape index (κ1) is 27.3. The van der Waals surface area contributed by atoms with Crippen molar-refractivity contribution in [3.8, 4) is 0 Å². The standard InChI is InChI=1S/C24H40N2O4S/c1-3-4-5-6-7-8-9-10-11-12-13-14-16-20(17-15-18-22(27)28)31-24-25-19-21(23(29)30)26(24)2/h14,16,19-20H,3-13,15,17-18H2,1-2H3,(H,27,28)(H,29,30). The number of hydrogen-bond donors (Lipinski definition) is 2. The van der Waals surface area contributed by atoms with Gasteiger partial charge in [0, 0.05) is 18.7 Å². The predicted molar refractivity (Wildman–Crippen MR) is 127 cm³/mol.